The highest BCUT2D eigenvalue weighted by Gasteiger charge is 2.51. The van der Waals surface area contributed by atoms with Gasteiger partial charge in [-0.05, 0) is 7.05 Å². The molecule has 0 aromatic heterocycles. The third-order valence-electron chi connectivity index (χ3n) is 4.51. The molecule has 0 bridgehead atoms. The zero-order valence-corrected chi connectivity index (χ0v) is 19.2. The maximum atomic E-state index is 11.9. The Balaban J connectivity index is 1.64. The van der Waals surface area contributed by atoms with Gasteiger partial charge in [0.25, 0.3) is 0 Å². The monoisotopic (exact) mass is 538 g/mol. The summed E-state index contributed by atoms with van der Waals surface area (Å²) in [5, 5.41) is 23.4. The van der Waals surface area contributed by atoms with Crippen molar-refractivity contribution in [3.8, 4) is 0 Å². The molecule has 19 nitrogen and oxygen atoms in total. The average Bonchev–Trinajstić information content (AvgIpc) is 3.20. The van der Waals surface area contributed by atoms with Crippen molar-refractivity contribution < 1.29 is 61.4 Å². The topological polar surface area (TPSA) is 288 Å². The van der Waals surface area contributed by atoms with Crippen LogP contribution in [-0.2, 0) is 31.6 Å². The molecule has 3 unspecified atom stereocenters. The minimum Gasteiger partial charge on any atom is -0.387 e. The van der Waals surface area contributed by atoms with Gasteiger partial charge in [0.15, 0.2) is 12.1 Å². The molecule has 1 fully saturated rings. The molecule has 188 valence electrons. The zero-order valence-electron chi connectivity index (χ0n) is 16.5. The number of fused-ring (bicyclic) bond motifs is 1. The Labute approximate surface area is 185 Å². The molecule has 0 saturated carbocycles. The molecule has 0 aromatic rings. The molecule has 0 spiro atoms. The third kappa shape index (κ3) is 5.99. The van der Waals surface area contributed by atoms with Crippen molar-refractivity contribution in [2.75, 3.05) is 20.3 Å². The molecule has 0 aliphatic carbocycles. The minimum atomic E-state index is -5.71. The highest BCUT2D eigenvalue weighted by Crippen LogP contribution is 2.66. The Morgan fingerprint density at radius 1 is 1.21 bits per heavy atom. The van der Waals surface area contributed by atoms with E-state index in [0.717, 1.165) is 6.34 Å². The van der Waals surface area contributed by atoms with Gasteiger partial charge in [-0.1, -0.05) is 0 Å². The first-order chi connectivity index (χ1) is 15.1. The van der Waals surface area contributed by atoms with E-state index in [-0.39, 0.29) is 18.2 Å². The van der Waals surface area contributed by atoms with E-state index in [1.54, 1.807) is 0 Å². The summed E-state index contributed by atoms with van der Waals surface area (Å²) in [6.45, 7) is -1.04. The summed E-state index contributed by atoms with van der Waals surface area (Å²) in [4.78, 5) is 49.3. The van der Waals surface area contributed by atoms with Gasteiger partial charge < -0.3 is 39.4 Å². The first-order valence-corrected chi connectivity index (χ1v) is 13.3. The quantitative estimate of drug-likeness (QED) is 0.106. The van der Waals surface area contributed by atoms with Crippen LogP contribution >= 0.6 is 23.5 Å². The van der Waals surface area contributed by atoms with E-state index in [9.17, 15) is 28.8 Å². The van der Waals surface area contributed by atoms with Gasteiger partial charge >= 0.3 is 23.5 Å². The van der Waals surface area contributed by atoms with Crippen LogP contribution in [0.5, 0.6) is 0 Å². The van der Waals surface area contributed by atoms with Crippen LogP contribution in [0.15, 0.2) is 15.0 Å². The summed E-state index contributed by atoms with van der Waals surface area (Å²) < 4.78 is 51.0. The van der Waals surface area contributed by atoms with E-state index in [4.69, 9.17) is 25.2 Å². The fourth-order valence-electron chi connectivity index (χ4n) is 3.06. The molecule has 7 atom stereocenters. The lowest BCUT2D eigenvalue weighted by Crippen LogP contribution is -2.62. The van der Waals surface area contributed by atoms with Crippen LogP contribution < -0.4 is 11.1 Å². The van der Waals surface area contributed by atoms with Crippen LogP contribution in [0.2, 0.25) is 0 Å². The number of aliphatic hydroxyl groups is 2. The van der Waals surface area contributed by atoms with Crippen molar-refractivity contribution in [2.24, 2.45) is 20.7 Å². The van der Waals surface area contributed by atoms with Crippen LogP contribution in [0.4, 0.5) is 0 Å². The number of rotatable bonds is 9. The number of aliphatic hydroxyl groups excluding tert-OH is 2. The van der Waals surface area contributed by atoms with E-state index in [1.807, 2.05) is 0 Å². The smallest absolute Gasteiger partial charge is 0.387 e. The van der Waals surface area contributed by atoms with Gasteiger partial charge in [0.1, 0.15) is 37.0 Å². The molecule has 0 aromatic carbocycles. The van der Waals surface area contributed by atoms with E-state index < -0.39 is 60.4 Å². The van der Waals surface area contributed by atoms with E-state index in [0.29, 0.717) is 0 Å². The number of ether oxygens (including phenoxy) is 1. The standard InChI is InChI=1S/C11H21N6O13P3/c1-13-11(12)8-9(14-3-16-11)17(4-15-8)10-7(19)6(18)5(28-10)2-27-32(23,24)30-33(25,26)29-31(20,21)22/h3,5-7,10,13,18-19H,2,4,12H2,1H3,(H,23,24)(H,25,26)(H2,20,21,22)/t5-,6-,7-,10-,11?/m1/s1. The molecule has 33 heavy (non-hydrogen) atoms. The average molecular weight is 538 g/mol. The van der Waals surface area contributed by atoms with Crippen LogP contribution in [0.3, 0.4) is 0 Å². The number of nitrogens with one attached hydrogen (secondary N) is 1. The largest absolute Gasteiger partial charge is 0.490 e. The van der Waals surface area contributed by atoms with Gasteiger partial charge in [-0.25, -0.2) is 23.7 Å². The van der Waals surface area contributed by atoms with Gasteiger partial charge in [0.2, 0.25) is 5.79 Å². The molecular weight excluding hydrogens is 517 g/mol. The van der Waals surface area contributed by atoms with Gasteiger partial charge in [0.05, 0.1) is 6.61 Å². The number of phosphoric ester groups is 1. The van der Waals surface area contributed by atoms with Crippen molar-refractivity contribution in [1.29, 1.82) is 0 Å². The van der Waals surface area contributed by atoms with Gasteiger partial charge in [-0.2, -0.15) is 8.62 Å². The second-order valence-electron chi connectivity index (χ2n) is 6.76. The maximum Gasteiger partial charge on any atom is 0.490 e. The van der Waals surface area contributed by atoms with Crippen LogP contribution in [0, 0.1) is 0 Å². The first kappa shape index (κ1) is 26.6. The summed E-state index contributed by atoms with van der Waals surface area (Å²) in [7, 11) is -15.2. The Morgan fingerprint density at radius 2 is 1.88 bits per heavy atom. The van der Waals surface area contributed by atoms with Crippen LogP contribution in [-0.4, -0.2) is 103 Å². The Hall–Kier alpha value is -0.980. The van der Waals surface area contributed by atoms with E-state index in [1.165, 1.54) is 11.9 Å². The van der Waals surface area contributed by atoms with E-state index in [2.05, 4.69) is 33.4 Å². The number of hydrogen-bond acceptors (Lipinski definition) is 15. The first-order valence-electron chi connectivity index (χ1n) is 8.79. The third-order valence-corrected chi connectivity index (χ3v) is 8.31. The molecule has 3 aliphatic heterocycles. The lowest BCUT2D eigenvalue weighted by Gasteiger charge is -2.32. The fraction of sp³-hybridized carbons (Fsp3) is 0.727. The molecule has 3 rings (SSSR count). The molecule has 22 heteroatoms. The van der Waals surface area contributed by atoms with Gasteiger partial charge in [0, 0.05) is 0 Å². The highest BCUT2D eigenvalue weighted by atomic mass is 31.3. The minimum absolute atomic E-state index is 0.0881. The SMILES string of the molecule is CNC1(N)N=CN=C2C1=NCN2[C@@H]1O[C@H](COP(=O)(O)OP(=O)(O)OP(=O)(O)O)[C@@H](O)[C@H]1O. The highest BCUT2D eigenvalue weighted by molar-refractivity contribution is 7.66. The number of amidine groups is 1. The number of nitrogens with two attached hydrogens (primary N) is 1. The molecule has 3 aliphatic rings. The number of nitrogens with zero attached hydrogens (tertiary/aromatic N) is 4. The van der Waals surface area contributed by atoms with Crippen molar-refractivity contribution in [2.45, 2.75) is 30.3 Å². The maximum absolute atomic E-state index is 11.9. The summed E-state index contributed by atoms with van der Waals surface area (Å²) in [5.41, 5.74) is 6.31. The molecule has 3 heterocycles. The lowest BCUT2D eigenvalue weighted by atomic mass is 10.1. The van der Waals surface area contributed by atoms with Crippen LogP contribution in [0.25, 0.3) is 0 Å². The molecule has 1 saturated heterocycles. The Morgan fingerprint density at radius 3 is 2.48 bits per heavy atom. The zero-order chi connectivity index (χ0) is 24.8. The number of hydrogen-bond donors (Lipinski definition) is 8. The second kappa shape index (κ2) is 9.23. The van der Waals surface area contributed by atoms with Crippen molar-refractivity contribution in [3.05, 3.63) is 0 Å². The summed E-state index contributed by atoms with van der Waals surface area (Å²) in [6, 6.07) is 0. The summed E-state index contributed by atoms with van der Waals surface area (Å²) in [5.74, 6) is -1.20. The summed E-state index contributed by atoms with van der Waals surface area (Å²) in [6.07, 6.45) is -4.81. The fourth-order valence-corrected chi connectivity index (χ4v) is 6.09. The predicted molar refractivity (Wildman–Crippen MR) is 107 cm³/mol. The van der Waals surface area contributed by atoms with Gasteiger partial charge in [-0.15, -0.1) is 0 Å². The van der Waals surface area contributed by atoms with Crippen molar-refractivity contribution in [3.63, 3.8) is 0 Å². The lowest BCUT2D eigenvalue weighted by molar-refractivity contribution is -0.0680. The molecule has 0 amide bonds. The predicted octanol–water partition coefficient (Wildman–Crippen LogP) is -3.24. The van der Waals surface area contributed by atoms with E-state index >= 15 is 0 Å². The summed E-state index contributed by atoms with van der Waals surface area (Å²) >= 11 is 0. The molecule has 0 radical (unpaired) electrons. The van der Waals surface area contributed by atoms with Crippen molar-refractivity contribution in [1.82, 2.24) is 10.2 Å². The Bertz CT molecular complexity index is 1020. The number of aliphatic imine (C=N–C) groups is 3. The number of phosphoric acid groups is 3. The molecule has 9 N–H and O–H groups in total. The Kier molecular flexibility index (Phi) is 7.45. The van der Waals surface area contributed by atoms with Crippen molar-refractivity contribution >= 4 is 41.4 Å². The normalized spacial score (nSPS) is 35.6. The molecular formula is C11H21N6O13P3. The van der Waals surface area contributed by atoms with Crippen LogP contribution in [0.1, 0.15) is 0 Å². The second-order valence-corrected chi connectivity index (χ2v) is 11.2. The van der Waals surface area contributed by atoms with Gasteiger partial charge in [-0.3, -0.25) is 20.6 Å².